The van der Waals surface area contributed by atoms with Crippen LogP contribution in [0.25, 0.3) is 17.0 Å². The summed E-state index contributed by atoms with van der Waals surface area (Å²) in [5, 5.41) is 7.40. The SMILES string of the molecule is CCc1cccc2c(/C=C3\NC(=S)N(c4ccccc4)C3=O)cn(CC(=O)NC[C@@H]3CCCO3)c12. The lowest BCUT2D eigenvalue weighted by Crippen LogP contribution is -2.34. The van der Waals surface area contributed by atoms with Gasteiger partial charge in [0.1, 0.15) is 12.2 Å². The third-order valence-corrected chi connectivity index (χ3v) is 6.74. The van der Waals surface area contributed by atoms with Crippen molar-refractivity contribution in [3.05, 3.63) is 71.6 Å². The van der Waals surface area contributed by atoms with Crippen molar-refractivity contribution in [2.75, 3.05) is 18.1 Å². The lowest BCUT2D eigenvalue weighted by molar-refractivity contribution is -0.122. The van der Waals surface area contributed by atoms with Gasteiger partial charge in [-0.2, -0.15) is 0 Å². The molecule has 0 saturated carbocycles. The van der Waals surface area contributed by atoms with E-state index in [9.17, 15) is 9.59 Å². The van der Waals surface area contributed by atoms with E-state index in [-0.39, 0.29) is 24.5 Å². The van der Waals surface area contributed by atoms with Gasteiger partial charge in [-0.3, -0.25) is 14.5 Å². The fourth-order valence-corrected chi connectivity index (χ4v) is 5.03. The molecule has 2 amide bonds. The van der Waals surface area contributed by atoms with Crippen LogP contribution in [0.15, 0.2) is 60.4 Å². The summed E-state index contributed by atoms with van der Waals surface area (Å²) in [5.74, 6) is -0.267. The van der Waals surface area contributed by atoms with E-state index in [2.05, 4.69) is 23.6 Å². The van der Waals surface area contributed by atoms with Gasteiger partial charge >= 0.3 is 0 Å². The zero-order valence-corrected chi connectivity index (χ0v) is 20.4. The predicted molar refractivity (Wildman–Crippen MR) is 141 cm³/mol. The summed E-state index contributed by atoms with van der Waals surface area (Å²) in [5.41, 5.74) is 4.13. The number of carbonyl (C=O) groups is 2. The Bertz CT molecular complexity index is 1310. The van der Waals surface area contributed by atoms with Gasteiger partial charge in [-0.05, 0) is 55.3 Å². The molecular weight excluding hydrogens is 460 g/mol. The van der Waals surface area contributed by atoms with Gasteiger partial charge in [-0.15, -0.1) is 0 Å². The highest BCUT2D eigenvalue weighted by molar-refractivity contribution is 7.80. The number of para-hydroxylation sites is 2. The Morgan fingerprint density at radius 2 is 2.06 bits per heavy atom. The summed E-state index contributed by atoms with van der Waals surface area (Å²) in [7, 11) is 0. The van der Waals surface area contributed by atoms with Gasteiger partial charge in [0.2, 0.25) is 5.91 Å². The van der Waals surface area contributed by atoms with E-state index in [4.69, 9.17) is 17.0 Å². The van der Waals surface area contributed by atoms with E-state index in [1.807, 2.05) is 59.3 Å². The summed E-state index contributed by atoms with van der Waals surface area (Å²) >= 11 is 5.45. The minimum Gasteiger partial charge on any atom is -0.376 e. The molecule has 0 spiro atoms. The van der Waals surface area contributed by atoms with Crippen molar-refractivity contribution in [1.29, 1.82) is 0 Å². The number of rotatable bonds is 7. The maximum Gasteiger partial charge on any atom is 0.281 e. The second-order valence-corrected chi connectivity index (χ2v) is 9.17. The van der Waals surface area contributed by atoms with E-state index in [1.54, 1.807) is 0 Å². The molecule has 7 nitrogen and oxygen atoms in total. The van der Waals surface area contributed by atoms with Crippen LogP contribution in [0.4, 0.5) is 5.69 Å². The topological polar surface area (TPSA) is 75.6 Å². The third kappa shape index (κ3) is 4.72. The smallest absolute Gasteiger partial charge is 0.281 e. The Morgan fingerprint density at radius 3 is 2.80 bits per heavy atom. The summed E-state index contributed by atoms with van der Waals surface area (Å²) in [6.45, 7) is 3.58. The number of hydrogen-bond donors (Lipinski definition) is 2. The van der Waals surface area contributed by atoms with Crippen LogP contribution in [0.5, 0.6) is 0 Å². The largest absolute Gasteiger partial charge is 0.376 e. The first-order valence-electron chi connectivity index (χ1n) is 12.0. The number of carbonyl (C=O) groups excluding carboxylic acids is 2. The minimum atomic E-state index is -0.206. The van der Waals surface area contributed by atoms with Crippen LogP contribution in [-0.2, 0) is 27.3 Å². The second kappa shape index (κ2) is 10.0. The Morgan fingerprint density at radius 1 is 1.23 bits per heavy atom. The number of nitrogens with one attached hydrogen (secondary N) is 2. The zero-order valence-electron chi connectivity index (χ0n) is 19.6. The van der Waals surface area contributed by atoms with E-state index in [0.29, 0.717) is 17.4 Å². The highest BCUT2D eigenvalue weighted by Crippen LogP contribution is 2.29. The number of anilines is 1. The summed E-state index contributed by atoms with van der Waals surface area (Å²) in [6, 6.07) is 15.4. The number of amides is 2. The van der Waals surface area contributed by atoms with Crippen molar-refractivity contribution >= 4 is 51.8 Å². The van der Waals surface area contributed by atoms with E-state index in [1.165, 1.54) is 4.90 Å². The molecule has 1 aromatic heterocycles. The number of aromatic nitrogens is 1. The molecular formula is C27H28N4O3S. The molecule has 3 aromatic rings. The number of benzene rings is 2. The molecule has 2 saturated heterocycles. The fraction of sp³-hybridized carbons (Fsp3) is 0.296. The van der Waals surface area contributed by atoms with Gasteiger partial charge in [0.05, 0.1) is 17.3 Å². The van der Waals surface area contributed by atoms with Crippen molar-refractivity contribution in [3.8, 4) is 0 Å². The third-order valence-electron chi connectivity index (χ3n) is 6.45. The van der Waals surface area contributed by atoms with Crippen LogP contribution in [0.3, 0.4) is 0 Å². The molecule has 2 aliphatic rings. The van der Waals surface area contributed by atoms with Crippen molar-refractivity contribution in [2.45, 2.75) is 38.8 Å². The number of ether oxygens (including phenoxy) is 1. The van der Waals surface area contributed by atoms with E-state index >= 15 is 0 Å². The predicted octanol–water partition coefficient (Wildman–Crippen LogP) is 3.76. The van der Waals surface area contributed by atoms with Crippen molar-refractivity contribution in [1.82, 2.24) is 15.2 Å². The molecule has 2 N–H and O–H groups in total. The first kappa shape index (κ1) is 23.3. The Labute approximate surface area is 209 Å². The van der Waals surface area contributed by atoms with Gasteiger partial charge in [-0.25, -0.2) is 0 Å². The molecule has 0 aliphatic carbocycles. The van der Waals surface area contributed by atoms with Gasteiger partial charge < -0.3 is 19.9 Å². The molecule has 5 rings (SSSR count). The van der Waals surface area contributed by atoms with Crippen molar-refractivity contribution < 1.29 is 14.3 Å². The lowest BCUT2D eigenvalue weighted by Gasteiger charge is -2.13. The lowest BCUT2D eigenvalue weighted by atomic mass is 10.1. The highest BCUT2D eigenvalue weighted by atomic mass is 32.1. The highest BCUT2D eigenvalue weighted by Gasteiger charge is 2.32. The maximum atomic E-state index is 13.2. The molecule has 0 bridgehead atoms. The van der Waals surface area contributed by atoms with Crippen LogP contribution >= 0.6 is 12.2 Å². The quantitative estimate of drug-likeness (QED) is 0.391. The van der Waals surface area contributed by atoms with Crippen molar-refractivity contribution in [2.24, 2.45) is 0 Å². The fourth-order valence-electron chi connectivity index (χ4n) is 4.74. The standard InChI is InChI=1S/C27H28N4O3S/c1-2-18-8-6-12-22-19(14-23-26(33)31(27(35)29-23)20-9-4-3-5-10-20)16-30(25(18)22)17-24(32)28-15-21-11-7-13-34-21/h3-6,8-10,12,14,16,21H,2,7,11,13,15,17H2,1H3,(H,28,32)(H,29,35)/b23-14-/t21-/m0/s1. The first-order valence-corrected chi connectivity index (χ1v) is 12.4. The first-order chi connectivity index (χ1) is 17.0. The summed E-state index contributed by atoms with van der Waals surface area (Å²) < 4.78 is 7.59. The second-order valence-electron chi connectivity index (χ2n) is 8.78. The van der Waals surface area contributed by atoms with Crippen LogP contribution < -0.4 is 15.5 Å². The van der Waals surface area contributed by atoms with Crippen LogP contribution in [0.1, 0.15) is 30.9 Å². The Balaban J connectivity index is 1.44. The maximum absolute atomic E-state index is 13.2. The molecule has 180 valence electrons. The van der Waals surface area contributed by atoms with Crippen LogP contribution in [0.2, 0.25) is 0 Å². The normalized spacial score (nSPS) is 19.1. The van der Waals surface area contributed by atoms with Gasteiger partial charge in [0, 0.05) is 30.3 Å². The molecule has 3 heterocycles. The monoisotopic (exact) mass is 488 g/mol. The molecule has 8 heteroatoms. The van der Waals surface area contributed by atoms with Gasteiger partial charge in [-0.1, -0.05) is 43.3 Å². The molecule has 0 radical (unpaired) electrons. The summed E-state index contributed by atoms with van der Waals surface area (Å²) in [4.78, 5) is 27.5. The van der Waals surface area contributed by atoms with Gasteiger partial charge in [0.25, 0.3) is 5.91 Å². The molecule has 2 aliphatic heterocycles. The number of fused-ring (bicyclic) bond motifs is 1. The summed E-state index contributed by atoms with van der Waals surface area (Å²) in [6.07, 6.45) is 6.71. The van der Waals surface area contributed by atoms with Gasteiger partial charge in [0.15, 0.2) is 5.11 Å². The zero-order chi connectivity index (χ0) is 24.4. The van der Waals surface area contributed by atoms with Crippen LogP contribution in [0, 0.1) is 0 Å². The van der Waals surface area contributed by atoms with Crippen molar-refractivity contribution in [3.63, 3.8) is 0 Å². The minimum absolute atomic E-state index is 0.0611. The number of nitrogens with zero attached hydrogens (tertiary/aromatic N) is 2. The number of hydrogen-bond acceptors (Lipinski definition) is 4. The van der Waals surface area contributed by atoms with E-state index in [0.717, 1.165) is 53.6 Å². The molecule has 0 unspecified atom stereocenters. The number of aryl methyl sites for hydroxylation is 1. The molecule has 2 fully saturated rings. The molecule has 35 heavy (non-hydrogen) atoms. The van der Waals surface area contributed by atoms with E-state index < -0.39 is 0 Å². The Kier molecular flexibility index (Phi) is 6.66. The van der Waals surface area contributed by atoms with Crippen LogP contribution in [-0.4, -0.2) is 40.7 Å². The number of thiocarbonyl (C=S) groups is 1. The average Bonchev–Trinajstić information content (AvgIpc) is 3.57. The molecule has 2 aromatic carbocycles. The molecule has 1 atom stereocenters. The average molecular weight is 489 g/mol. The Hall–Kier alpha value is -3.49.